The fourth-order valence-corrected chi connectivity index (χ4v) is 1.88. The zero-order valence-electron chi connectivity index (χ0n) is 12.4. The monoisotopic (exact) mass is 362 g/mol. The van der Waals surface area contributed by atoms with Gasteiger partial charge in [-0.3, -0.25) is 4.55 Å². The van der Waals surface area contributed by atoms with Gasteiger partial charge in [0, 0.05) is 0 Å². The Kier molecular flexibility index (Phi) is 8.65. The van der Waals surface area contributed by atoms with E-state index in [4.69, 9.17) is 14.8 Å². The summed E-state index contributed by atoms with van der Waals surface area (Å²) in [4.78, 5) is 20.5. The Morgan fingerprint density at radius 1 is 0.875 bits per heavy atom. The molecule has 0 amide bonds. The van der Waals surface area contributed by atoms with Gasteiger partial charge in [-0.1, -0.05) is 18.2 Å². The minimum Gasteiger partial charge on any atom is -0.872 e. The van der Waals surface area contributed by atoms with Crippen molar-refractivity contribution in [2.24, 2.45) is 0 Å². The smallest absolute Gasteiger partial charge is 0.872 e. The molecule has 0 aliphatic heterocycles. The van der Waals surface area contributed by atoms with Crippen LogP contribution in [0.25, 0.3) is 0 Å². The molecule has 0 heterocycles. The molecule has 0 spiro atoms. The Hall–Kier alpha value is -1.91. The number of carbonyl (C=O) groups is 2. The van der Waals surface area contributed by atoms with Gasteiger partial charge in [-0.05, 0) is 30.3 Å². The van der Waals surface area contributed by atoms with Crippen molar-refractivity contribution in [2.45, 2.75) is 4.90 Å². The summed E-state index contributed by atoms with van der Waals surface area (Å²) in [5, 5.41) is 27.5. The van der Waals surface area contributed by atoms with Crippen LogP contribution in [0.1, 0.15) is 20.7 Å². The predicted molar refractivity (Wildman–Crippen MR) is 76.1 cm³/mol. The van der Waals surface area contributed by atoms with Crippen molar-refractivity contribution in [3.8, 4) is 5.75 Å². The number of carboxylic acids is 2. The molecule has 3 N–H and O–H groups in total. The van der Waals surface area contributed by atoms with Crippen LogP contribution in [0.4, 0.5) is 0 Å². The Morgan fingerprint density at radius 2 is 1.29 bits per heavy atom. The van der Waals surface area contributed by atoms with E-state index in [0.717, 1.165) is 30.3 Å². The van der Waals surface area contributed by atoms with E-state index in [2.05, 4.69) is 0 Å². The topological polar surface area (TPSA) is 152 Å². The van der Waals surface area contributed by atoms with Crippen LogP contribution < -0.4 is 34.7 Å². The Balaban J connectivity index is 0.000000425. The number of rotatable bonds is 3. The fourth-order valence-electron chi connectivity index (χ4n) is 1.40. The van der Waals surface area contributed by atoms with E-state index in [1.807, 2.05) is 0 Å². The van der Waals surface area contributed by atoms with E-state index in [0.29, 0.717) is 0 Å². The predicted octanol–water partition coefficient (Wildman–Crippen LogP) is -1.91. The number of hydrogen-bond acceptors (Lipinski definition) is 5. The van der Waals surface area contributed by atoms with Crippen molar-refractivity contribution in [3.05, 3.63) is 59.7 Å². The minimum atomic E-state index is -4.16. The number of carboxylic acid groups (broad SMARTS) is 2. The molecular weight excluding hydrogens is 351 g/mol. The van der Waals surface area contributed by atoms with Gasteiger partial charge in [-0.15, -0.1) is 5.75 Å². The maximum atomic E-state index is 10.5. The zero-order valence-corrected chi connectivity index (χ0v) is 15.2. The summed E-state index contributed by atoms with van der Waals surface area (Å²) < 4.78 is 29.2. The standard InChI is InChI=1S/C8H6O4.C6H6O4S.Na/c9-7(10)5-2-1-3-6(4-5)8(11)12;7-5-1-3-6(4-2-5)11(8,9)10;/h1-4H,(H,9,10)(H,11,12);1-4,7H,(H,8,9,10);/q;;+1/p-1. The van der Waals surface area contributed by atoms with Gasteiger partial charge in [0.05, 0.1) is 16.0 Å². The first-order valence-electron chi connectivity index (χ1n) is 5.92. The molecule has 0 radical (unpaired) electrons. The van der Waals surface area contributed by atoms with Crippen molar-refractivity contribution in [1.29, 1.82) is 0 Å². The van der Waals surface area contributed by atoms with Crippen LogP contribution >= 0.6 is 0 Å². The molecule has 0 saturated carbocycles. The van der Waals surface area contributed by atoms with Crippen molar-refractivity contribution in [1.82, 2.24) is 0 Å². The first kappa shape index (κ1) is 22.1. The quantitative estimate of drug-likeness (QED) is 0.423. The molecule has 0 aliphatic carbocycles. The van der Waals surface area contributed by atoms with Crippen LogP contribution in [0.2, 0.25) is 0 Å². The van der Waals surface area contributed by atoms with Crippen LogP contribution in [-0.2, 0) is 10.1 Å². The van der Waals surface area contributed by atoms with Gasteiger partial charge in [0.2, 0.25) is 0 Å². The number of hydrogen-bond donors (Lipinski definition) is 3. The van der Waals surface area contributed by atoms with E-state index in [1.165, 1.54) is 18.2 Å². The number of aromatic carboxylic acids is 2. The Labute approximate surface area is 159 Å². The third-order valence-electron chi connectivity index (χ3n) is 2.48. The van der Waals surface area contributed by atoms with Crippen molar-refractivity contribution < 1.29 is 67.4 Å². The molecule has 0 unspecified atom stereocenters. The molecule has 2 rings (SSSR count). The fraction of sp³-hybridized carbons (Fsp3) is 0. The van der Waals surface area contributed by atoms with E-state index < -0.39 is 22.1 Å². The van der Waals surface area contributed by atoms with E-state index >= 15 is 0 Å². The van der Waals surface area contributed by atoms with Gasteiger partial charge in [-0.2, -0.15) is 8.42 Å². The molecule has 24 heavy (non-hydrogen) atoms. The molecule has 0 bridgehead atoms. The third-order valence-corrected chi connectivity index (χ3v) is 3.35. The molecule has 10 heteroatoms. The second-order valence-corrected chi connectivity index (χ2v) is 5.56. The largest absolute Gasteiger partial charge is 1.00 e. The van der Waals surface area contributed by atoms with Crippen molar-refractivity contribution in [3.63, 3.8) is 0 Å². The van der Waals surface area contributed by atoms with Crippen LogP contribution in [0.3, 0.4) is 0 Å². The molecule has 0 aliphatic rings. The normalized spacial score (nSPS) is 9.88. The molecule has 8 nitrogen and oxygen atoms in total. The van der Waals surface area contributed by atoms with E-state index in [-0.39, 0.29) is 51.3 Å². The Bertz CT molecular complexity index is 786. The summed E-state index contributed by atoms with van der Waals surface area (Å²) in [5.41, 5.74) is -0.0372. The summed E-state index contributed by atoms with van der Waals surface area (Å²) in [6.45, 7) is 0. The van der Waals surface area contributed by atoms with Crippen LogP contribution in [0, 0.1) is 0 Å². The summed E-state index contributed by atoms with van der Waals surface area (Å²) in [7, 11) is -4.16. The molecule has 0 saturated heterocycles. The van der Waals surface area contributed by atoms with Crippen molar-refractivity contribution >= 4 is 22.1 Å². The van der Waals surface area contributed by atoms with Gasteiger partial charge in [0.15, 0.2) is 0 Å². The first-order chi connectivity index (χ1) is 10.6. The zero-order chi connectivity index (χ0) is 17.6. The average molecular weight is 362 g/mol. The molecule has 2 aromatic rings. The molecule has 0 fully saturated rings. The van der Waals surface area contributed by atoms with Gasteiger partial charge < -0.3 is 15.3 Å². The summed E-state index contributed by atoms with van der Waals surface area (Å²) in [6.07, 6.45) is 0. The molecular formula is C14H11NaO8S. The second-order valence-electron chi connectivity index (χ2n) is 4.14. The average Bonchev–Trinajstić information content (AvgIpc) is 2.47. The van der Waals surface area contributed by atoms with Gasteiger partial charge in [0.25, 0.3) is 10.1 Å². The van der Waals surface area contributed by atoms with Crippen LogP contribution in [0.15, 0.2) is 53.4 Å². The summed E-state index contributed by atoms with van der Waals surface area (Å²) in [6, 6.07) is 9.45. The van der Waals surface area contributed by atoms with Gasteiger partial charge >= 0.3 is 41.5 Å². The van der Waals surface area contributed by atoms with Crippen LogP contribution in [0.5, 0.6) is 5.75 Å². The minimum absolute atomic E-state index is 0. The maximum Gasteiger partial charge on any atom is 1.00 e. The molecule has 122 valence electrons. The maximum absolute atomic E-state index is 10.5. The Morgan fingerprint density at radius 3 is 1.62 bits per heavy atom. The van der Waals surface area contributed by atoms with Gasteiger partial charge in [-0.25, -0.2) is 9.59 Å². The van der Waals surface area contributed by atoms with E-state index in [1.54, 1.807) is 0 Å². The SMILES string of the molecule is O=C(O)c1cccc(C(=O)O)c1.O=S(=O)(O)c1ccc([O-])cc1.[Na+]. The summed E-state index contributed by atoms with van der Waals surface area (Å²) in [5.74, 6) is -2.55. The molecule has 0 aromatic heterocycles. The van der Waals surface area contributed by atoms with E-state index in [9.17, 15) is 23.1 Å². The number of benzene rings is 2. The molecule has 2 aromatic carbocycles. The van der Waals surface area contributed by atoms with Gasteiger partial charge in [0.1, 0.15) is 0 Å². The second kappa shape index (κ2) is 9.40. The van der Waals surface area contributed by atoms with Crippen LogP contribution in [-0.4, -0.2) is 35.1 Å². The molecule has 0 atom stereocenters. The summed E-state index contributed by atoms with van der Waals surface area (Å²) >= 11 is 0. The third kappa shape index (κ3) is 7.11. The first-order valence-corrected chi connectivity index (χ1v) is 7.36. The van der Waals surface area contributed by atoms with Crippen molar-refractivity contribution in [2.75, 3.05) is 0 Å².